The second-order valence-corrected chi connectivity index (χ2v) is 9.38. The summed E-state index contributed by atoms with van der Waals surface area (Å²) >= 11 is 0. The molecule has 1 fully saturated rings. The number of rotatable bonds is 8. The summed E-state index contributed by atoms with van der Waals surface area (Å²) in [7, 11) is 1.36. The Balaban J connectivity index is 1.59. The van der Waals surface area contributed by atoms with Gasteiger partial charge in [-0.15, -0.1) is 0 Å². The molecule has 0 saturated carbocycles. The molecule has 0 aliphatic carbocycles. The molecule has 202 valence electrons. The third-order valence-corrected chi connectivity index (χ3v) is 6.72. The lowest BCUT2D eigenvalue weighted by molar-refractivity contribution is -0.185. The van der Waals surface area contributed by atoms with E-state index in [0.717, 1.165) is 16.0 Å². The lowest BCUT2D eigenvalue weighted by atomic mass is 9.96. The number of carbonyl (C=O) groups is 3. The molecule has 0 spiro atoms. The summed E-state index contributed by atoms with van der Waals surface area (Å²) in [6.07, 6.45) is -3.79. The van der Waals surface area contributed by atoms with E-state index in [1.807, 2.05) is 29.2 Å². The van der Waals surface area contributed by atoms with Crippen LogP contribution in [0.4, 0.5) is 13.2 Å². The van der Waals surface area contributed by atoms with Gasteiger partial charge in [-0.05, 0) is 67.9 Å². The van der Waals surface area contributed by atoms with Crippen LogP contribution in [-0.2, 0) is 16.1 Å². The predicted octanol–water partition coefficient (Wildman–Crippen LogP) is 3.84. The molecule has 0 aromatic heterocycles. The van der Waals surface area contributed by atoms with Gasteiger partial charge in [0.05, 0.1) is 5.92 Å². The maximum Gasteiger partial charge on any atom is 0.391 e. The van der Waals surface area contributed by atoms with E-state index in [2.05, 4.69) is 11.8 Å². The molecule has 1 heterocycles. The van der Waals surface area contributed by atoms with Gasteiger partial charge < -0.3 is 10.0 Å². The Morgan fingerprint density at radius 2 is 1.50 bits per heavy atom. The zero-order valence-corrected chi connectivity index (χ0v) is 21.4. The first-order valence-corrected chi connectivity index (χ1v) is 12.5. The van der Waals surface area contributed by atoms with E-state index >= 15 is 0 Å². The predicted molar refractivity (Wildman–Crippen MR) is 136 cm³/mol. The van der Waals surface area contributed by atoms with E-state index in [1.54, 1.807) is 31.2 Å². The van der Waals surface area contributed by atoms with E-state index in [0.29, 0.717) is 25.2 Å². The molecule has 1 N–H and O–H groups in total. The zero-order valence-electron chi connectivity index (χ0n) is 21.4. The van der Waals surface area contributed by atoms with Crippen LogP contribution in [0, 0.1) is 17.8 Å². The van der Waals surface area contributed by atoms with Crippen molar-refractivity contribution in [2.24, 2.45) is 5.92 Å². The maximum atomic E-state index is 12.9. The number of likely N-dealkylation sites (tertiary alicyclic amines) is 1. The number of benzene rings is 2. The highest BCUT2D eigenvalue weighted by Gasteiger charge is 2.41. The molecule has 1 saturated heterocycles. The fourth-order valence-electron chi connectivity index (χ4n) is 4.42. The van der Waals surface area contributed by atoms with E-state index in [1.165, 1.54) is 7.05 Å². The quantitative estimate of drug-likeness (QED) is 0.416. The van der Waals surface area contributed by atoms with Crippen molar-refractivity contribution in [3.8, 4) is 11.8 Å². The summed E-state index contributed by atoms with van der Waals surface area (Å²) in [5.74, 6) is 3.17. The first kappa shape index (κ1) is 29.1. The fraction of sp³-hybridized carbons (Fsp3) is 0.414. The molecule has 0 bridgehead atoms. The monoisotopic (exact) mass is 528 g/mol. The van der Waals surface area contributed by atoms with Crippen LogP contribution in [0.5, 0.6) is 0 Å². The van der Waals surface area contributed by atoms with Gasteiger partial charge in [-0.1, -0.05) is 30.9 Å². The van der Waals surface area contributed by atoms with Crippen LogP contribution in [0.3, 0.4) is 0 Å². The van der Waals surface area contributed by atoms with Crippen LogP contribution in [-0.4, -0.2) is 71.3 Å². The number of nitrogens with zero attached hydrogens (tertiary/aromatic N) is 2. The topological polar surface area (TPSA) is 77.9 Å². The molecule has 1 aliphatic heterocycles. The van der Waals surface area contributed by atoms with Crippen LogP contribution < -0.4 is 0 Å². The lowest BCUT2D eigenvalue weighted by Crippen LogP contribution is -2.48. The third-order valence-electron chi connectivity index (χ3n) is 6.72. The van der Waals surface area contributed by atoms with Gasteiger partial charge in [-0.3, -0.25) is 19.3 Å². The highest BCUT2D eigenvalue weighted by Crippen LogP contribution is 2.34. The number of aliphatic hydroxyl groups excluding tert-OH is 1. The summed E-state index contributed by atoms with van der Waals surface area (Å²) in [6.45, 7) is 2.20. The number of aliphatic hydroxyl groups is 1. The number of piperidine rings is 1. The molecule has 3 rings (SSSR count). The lowest BCUT2D eigenvalue weighted by Gasteiger charge is -2.32. The molecular weight excluding hydrogens is 497 g/mol. The van der Waals surface area contributed by atoms with Crippen LogP contribution in [0.2, 0.25) is 0 Å². The van der Waals surface area contributed by atoms with E-state index in [-0.39, 0.29) is 24.8 Å². The minimum absolute atomic E-state index is 0.0597. The highest BCUT2D eigenvalue weighted by molar-refractivity contribution is 6.10. The molecule has 9 heteroatoms. The Bertz CT molecular complexity index is 1170. The van der Waals surface area contributed by atoms with E-state index in [4.69, 9.17) is 0 Å². The van der Waals surface area contributed by atoms with Gasteiger partial charge >= 0.3 is 6.18 Å². The number of halogens is 3. The van der Waals surface area contributed by atoms with E-state index in [9.17, 15) is 32.7 Å². The normalized spacial score (nSPS) is 15.3. The standard InChI is InChI=1S/C29H31F3N2O4/c1-3-25(36)27(26(37)19-35)33(2)28(38)23-12-10-21(11-13-23)5-4-20-6-8-22(9-7-20)18-34-16-14-24(15-17-34)29(30,31)32/h6-13,24,27,35H,3,14-19H2,1-2H3. The first-order chi connectivity index (χ1) is 18.0. The van der Waals surface area contributed by atoms with Crippen LogP contribution >= 0.6 is 0 Å². The van der Waals surface area contributed by atoms with Gasteiger partial charge in [0.2, 0.25) is 0 Å². The van der Waals surface area contributed by atoms with Crippen LogP contribution in [0.25, 0.3) is 0 Å². The van der Waals surface area contributed by atoms with Crippen molar-refractivity contribution < 1.29 is 32.7 Å². The SMILES string of the molecule is CCC(=O)C(C(=O)CO)N(C)C(=O)c1ccc(C#Cc2ccc(CN3CCC(C(F)(F)F)CC3)cc2)cc1. The Morgan fingerprint density at radius 1 is 0.974 bits per heavy atom. The van der Waals surface area contributed by atoms with Crippen molar-refractivity contribution in [3.63, 3.8) is 0 Å². The van der Waals surface area contributed by atoms with Gasteiger partial charge in [0, 0.05) is 36.7 Å². The van der Waals surface area contributed by atoms with Gasteiger partial charge in [0.15, 0.2) is 17.6 Å². The number of alkyl halides is 3. The molecular formula is C29H31F3N2O4. The molecule has 1 atom stereocenters. The van der Waals surface area contributed by atoms with Gasteiger partial charge in [-0.25, -0.2) is 0 Å². The number of hydrogen-bond acceptors (Lipinski definition) is 5. The molecule has 2 aromatic carbocycles. The summed E-state index contributed by atoms with van der Waals surface area (Å²) < 4.78 is 38.6. The molecule has 1 aliphatic rings. The highest BCUT2D eigenvalue weighted by atomic mass is 19.4. The number of carbonyl (C=O) groups excluding carboxylic acids is 3. The number of Topliss-reactive ketones (excluding diaryl/α,β-unsaturated/α-hetero) is 2. The summed E-state index contributed by atoms with van der Waals surface area (Å²) in [6, 6.07) is 12.7. The molecule has 2 aromatic rings. The Labute approximate surface area is 220 Å². The first-order valence-electron chi connectivity index (χ1n) is 12.5. The van der Waals surface area contributed by atoms with Gasteiger partial charge in [-0.2, -0.15) is 13.2 Å². The number of likely N-dealkylation sites (N-methyl/N-ethyl adjacent to an activating group) is 1. The van der Waals surface area contributed by atoms with Crippen molar-refractivity contribution >= 4 is 17.5 Å². The second kappa shape index (κ2) is 12.9. The molecule has 1 amide bonds. The molecule has 0 radical (unpaired) electrons. The Kier molecular flexibility index (Phi) is 9.84. The van der Waals surface area contributed by atoms with E-state index < -0.39 is 42.2 Å². The summed E-state index contributed by atoms with van der Waals surface area (Å²) in [5.41, 5.74) is 2.72. The Morgan fingerprint density at radius 3 is 1.97 bits per heavy atom. The van der Waals surface area contributed by atoms with Crippen LogP contribution in [0.1, 0.15) is 53.2 Å². The minimum atomic E-state index is -4.11. The average Bonchev–Trinajstić information content (AvgIpc) is 2.92. The van der Waals surface area contributed by atoms with Gasteiger partial charge in [0.25, 0.3) is 5.91 Å². The van der Waals surface area contributed by atoms with Crippen molar-refractivity contribution in [2.75, 3.05) is 26.7 Å². The summed E-state index contributed by atoms with van der Waals surface area (Å²) in [4.78, 5) is 40.0. The number of ketones is 2. The molecule has 38 heavy (non-hydrogen) atoms. The zero-order chi connectivity index (χ0) is 27.9. The smallest absolute Gasteiger partial charge is 0.388 e. The number of amides is 1. The Hall–Kier alpha value is -3.48. The van der Waals surface area contributed by atoms with Crippen molar-refractivity contribution in [1.82, 2.24) is 9.80 Å². The van der Waals surface area contributed by atoms with Crippen molar-refractivity contribution in [2.45, 2.75) is 44.9 Å². The van der Waals surface area contributed by atoms with Crippen LogP contribution in [0.15, 0.2) is 48.5 Å². The van der Waals surface area contributed by atoms with Crippen molar-refractivity contribution in [1.29, 1.82) is 0 Å². The second-order valence-electron chi connectivity index (χ2n) is 9.38. The largest absolute Gasteiger partial charge is 0.391 e. The maximum absolute atomic E-state index is 12.9. The fourth-order valence-corrected chi connectivity index (χ4v) is 4.42. The number of hydrogen-bond donors (Lipinski definition) is 1. The van der Waals surface area contributed by atoms with Crippen molar-refractivity contribution in [3.05, 3.63) is 70.8 Å². The molecule has 6 nitrogen and oxygen atoms in total. The van der Waals surface area contributed by atoms with Gasteiger partial charge in [0.1, 0.15) is 6.61 Å². The third kappa shape index (κ3) is 7.53. The summed E-state index contributed by atoms with van der Waals surface area (Å²) in [5, 5.41) is 9.17. The average molecular weight is 529 g/mol. The minimum Gasteiger partial charge on any atom is -0.388 e. The molecule has 1 unspecified atom stereocenters.